The van der Waals surface area contributed by atoms with Gasteiger partial charge in [-0.15, -0.1) is 0 Å². The van der Waals surface area contributed by atoms with Crippen LogP contribution in [0.4, 0.5) is 11.5 Å². The van der Waals surface area contributed by atoms with Gasteiger partial charge < -0.3 is 15.4 Å². The molecule has 0 aliphatic rings. The molecule has 100 valence electrons. The fourth-order valence-electron chi connectivity index (χ4n) is 1.77. The average Bonchev–Trinajstić information content (AvgIpc) is 2.43. The van der Waals surface area contributed by atoms with Crippen molar-refractivity contribution in [2.75, 3.05) is 24.8 Å². The van der Waals surface area contributed by atoms with Gasteiger partial charge >= 0.3 is 0 Å². The minimum atomic E-state index is 0.642. The molecular formula is C14H16ClN3O. The van der Waals surface area contributed by atoms with Crippen LogP contribution < -0.4 is 15.4 Å². The van der Waals surface area contributed by atoms with Gasteiger partial charge in [-0.1, -0.05) is 11.6 Å². The summed E-state index contributed by atoms with van der Waals surface area (Å²) in [4.78, 5) is 6.32. The third kappa shape index (κ3) is 3.29. The molecule has 0 unspecified atom stereocenters. The fraction of sp³-hybridized carbons (Fsp3) is 0.214. The summed E-state index contributed by atoms with van der Waals surface area (Å²) in [5.41, 5.74) is 7.45. The zero-order valence-corrected chi connectivity index (χ0v) is 11.7. The van der Waals surface area contributed by atoms with Gasteiger partial charge in [0.15, 0.2) is 0 Å². The summed E-state index contributed by atoms with van der Waals surface area (Å²) < 4.78 is 5.08. The number of pyridine rings is 1. The summed E-state index contributed by atoms with van der Waals surface area (Å²) in [5.74, 6) is 1.58. The highest BCUT2D eigenvalue weighted by Crippen LogP contribution is 2.22. The van der Waals surface area contributed by atoms with E-state index in [9.17, 15) is 0 Å². The highest BCUT2D eigenvalue weighted by Gasteiger charge is 2.07. The first-order valence-electron chi connectivity index (χ1n) is 5.85. The van der Waals surface area contributed by atoms with Crippen LogP contribution in [0.2, 0.25) is 5.02 Å². The SMILES string of the molecule is COc1ccc(N(C)Cc2cc(N)ccc2Cl)nc1. The van der Waals surface area contributed by atoms with E-state index >= 15 is 0 Å². The minimum Gasteiger partial charge on any atom is -0.495 e. The topological polar surface area (TPSA) is 51.4 Å². The number of rotatable bonds is 4. The van der Waals surface area contributed by atoms with E-state index in [0.29, 0.717) is 17.3 Å². The van der Waals surface area contributed by atoms with E-state index in [2.05, 4.69) is 4.98 Å². The Kier molecular flexibility index (Phi) is 4.12. The molecule has 19 heavy (non-hydrogen) atoms. The number of nitrogen functional groups attached to an aromatic ring is 1. The zero-order chi connectivity index (χ0) is 13.8. The molecular weight excluding hydrogens is 262 g/mol. The summed E-state index contributed by atoms with van der Waals surface area (Å²) >= 11 is 6.15. The quantitative estimate of drug-likeness (QED) is 0.873. The van der Waals surface area contributed by atoms with E-state index in [0.717, 1.165) is 17.1 Å². The first kappa shape index (κ1) is 13.5. The van der Waals surface area contributed by atoms with Gasteiger partial charge in [0.25, 0.3) is 0 Å². The van der Waals surface area contributed by atoms with Crippen molar-refractivity contribution >= 4 is 23.1 Å². The molecule has 2 N–H and O–H groups in total. The van der Waals surface area contributed by atoms with E-state index in [1.165, 1.54) is 0 Å². The van der Waals surface area contributed by atoms with E-state index in [4.69, 9.17) is 22.1 Å². The number of benzene rings is 1. The molecule has 0 fully saturated rings. The van der Waals surface area contributed by atoms with Crippen LogP contribution in [0.3, 0.4) is 0 Å². The van der Waals surface area contributed by atoms with Crippen LogP contribution in [0.15, 0.2) is 36.5 Å². The molecule has 0 amide bonds. The monoisotopic (exact) mass is 277 g/mol. The maximum absolute atomic E-state index is 6.15. The Bertz CT molecular complexity index is 557. The summed E-state index contributed by atoms with van der Waals surface area (Å²) in [5, 5.41) is 0.703. The Balaban J connectivity index is 2.15. The van der Waals surface area contributed by atoms with Gasteiger partial charge in [-0.3, -0.25) is 0 Å². The Hall–Kier alpha value is -1.94. The van der Waals surface area contributed by atoms with Gasteiger partial charge in [-0.25, -0.2) is 4.98 Å². The van der Waals surface area contributed by atoms with Gasteiger partial charge in [-0.2, -0.15) is 0 Å². The van der Waals surface area contributed by atoms with Gasteiger partial charge in [0.1, 0.15) is 11.6 Å². The molecule has 0 aliphatic carbocycles. The second-order valence-electron chi connectivity index (χ2n) is 4.26. The van der Waals surface area contributed by atoms with Gasteiger partial charge in [0.05, 0.1) is 13.3 Å². The number of hydrogen-bond donors (Lipinski definition) is 1. The van der Waals surface area contributed by atoms with Crippen molar-refractivity contribution in [3.8, 4) is 5.75 Å². The number of nitrogens with two attached hydrogens (primary N) is 1. The molecule has 0 saturated carbocycles. The van der Waals surface area contributed by atoms with E-state index in [1.807, 2.05) is 36.2 Å². The second kappa shape index (κ2) is 5.80. The van der Waals surface area contributed by atoms with Gasteiger partial charge in [-0.05, 0) is 35.9 Å². The summed E-state index contributed by atoms with van der Waals surface area (Å²) in [6, 6.07) is 9.25. The van der Waals surface area contributed by atoms with E-state index in [1.54, 1.807) is 19.4 Å². The summed E-state index contributed by atoms with van der Waals surface area (Å²) in [6.07, 6.45) is 1.69. The molecule has 0 saturated heterocycles. The van der Waals surface area contributed by atoms with Crippen LogP contribution in [-0.2, 0) is 6.54 Å². The highest BCUT2D eigenvalue weighted by molar-refractivity contribution is 6.31. The third-order valence-corrected chi connectivity index (χ3v) is 3.19. The summed E-state index contributed by atoms with van der Waals surface area (Å²) in [6.45, 7) is 0.642. The first-order valence-corrected chi connectivity index (χ1v) is 6.23. The lowest BCUT2D eigenvalue weighted by Gasteiger charge is -2.19. The van der Waals surface area contributed by atoms with Crippen molar-refractivity contribution in [3.05, 3.63) is 47.1 Å². The Morgan fingerprint density at radius 3 is 2.74 bits per heavy atom. The number of halogens is 1. The standard InChI is InChI=1S/C14H16ClN3O/c1-18(14-6-4-12(19-2)8-17-14)9-10-7-11(16)3-5-13(10)15/h3-8H,9,16H2,1-2H3. The molecule has 0 bridgehead atoms. The fourth-order valence-corrected chi connectivity index (χ4v) is 1.95. The van der Waals surface area contributed by atoms with Crippen LogP contribution in [0.1, 0.15) is 5.56 Å². The maximum atomic E-state index is 6.15. The van der Waals surface area contributed by atoms with Gasteiger partial charge in [0.2, 0.25) is 0 Å². The second-order valence-corrected chi connectivity index (χ2v) is 4.67. The lowest BCUT2D eigenvalue weighted by molar-refractivity contribution is 0.413. The molecule has 2 rings (SSSR count). The highest BCUT2D eigenvalue weighted by atomic mass is 35.5. The molecule has 2 aromatic rings. The molecule has 0 spiro atoms. The van der Waals surface area contributed by atoms with E-state index < -0.39 is 0 Å². The van der Waals surface area contributed by atoms with Gasteiger partial charge in [0, 0.05) is 24.3 Å². The number of methoxy groups -OCH3 is 1. The van der Waals surface area contributed by atoms with Crippen molar-refractivity contribution < 1.29 is 4.74 Å². The predicted octanol–water partition coefficient (Wildman–Crippen LogP) is 2.96. The molecule has 1 heterocycles. The normalized spacial score (nSPS) is 10.3. The molecule has 0 aliphatic heterocycles. The first-order chi connectivity index (χ1) is 9.10. The predicted molar refractivity (Wildman–Crippen MR) is 78.8 cm³/mol. The van der Waals surface area contributed by atoms with Crippen molar-refractivity contribution in [1.29, 1.82) is 0 Å². The zero-order valence-electron chi connectivity index (χ0n) is 10.9. The van der Waals surface area contributed by atoms with Crippen molar-refractivity contribution in [3.63, 3.8) is 0 Å². The maximum Gasteiger partial charge on any atom is 0.137 e. The van der Waals surface area contributed by atoms with Crippen molar-refractivity contribution in [2.45, 2.75) is 6.54 Å². The van der Waals surface area contributed by atoms with Crippen LogP contribution in [0.25, 0.3) is 0 Å². The molecule has 4 nitrogen and oxygen atoms in total. The van der Waals surface area contributed by atoms with Crippen LogP contribution in [-0.4, -0.2) is 19.1 Å². The van der Waals surface area contributed by atoms with Crippen LogP contribution in [0.5, 0.6) is 5.75 Å². The molecule has 5 heteroatoms. The average molecular weight is 278 g/mol. The number of ether oxygens (including phenoxy) is 1. The number of nitrogens with zero attached hydrogens (tertiary/aromatic N) is 2. The third-order valence-electron chi connectivity index (χ3n) is 2.82. The smallest absolute Gasteiger partial charge is 0.137 e. The lowest BCUT2D eigenvalue weighted by Crippen LogP contribution is -2.17. The number of anilines is 2. The number of aromatic nitrogens is 1. The molecule has 0 atom stereocenters. The van der Waals surface area contributed by atoms with Crippen LogP contribution >= 0.6 is 11.6 Å². The number of hydrogen-bond acceptors (Lipinski definition) is 4. The Morgan fingerprint density at radius 1 is 1.32 bits per heavy atom. The molecule has 1 aromatic carbocycles. The molecule has 0 radical (unpaired) electrons. The van der Waals surface area contributed by atoms with E-state index in [-0.39, 0.29) is 0 Å². The molecule has 1 aromatic heterocycles. The largest absolute Gasteiger partial charge is 0.495 e. The van der Waals surface area contributed by atoms with Crippen molar-refractivity contribution in [1.82, 2.24) is 4.98 Å². The summed E-state index contributed by atoms with van der Waals surface area (Å²) in [7, 11) is 3.57. The van der Waals surface area contributed by atoms with Crippen LogP contribution in [0, 0.1) is 0 Å². The lowest BCUT2D eigenvalue weighted by atomic mass is 10.2. The van der Waals surface area contributed by atoms with Crippen molar-refractivity contribution in [2.24, 2.45) is 0 Å². The Labute approximate surface area is 117 Å². The Morgan fingerprint density at radius 2 is 2.11 bits per heavy atom. The minimum absolute atomic E-state index is 0.642.